The van der Waals surface area contributed by atoms with Gasteiger partial charge in [0.05, 0.1) is 6.61 Å². The molecule has 1 atom stereocenters. The number of nitrogens with two attached hydrogens (primary N) is 1. The molecule has 0 fully saturated rings. The monoisotopic (exact) mass is 301 g/mol. The largest absolute Gasteiger partial charge is 0.465 e. The fourth-order valence-corrected chi connectivity index (χ4v) is 2.74. The van der Waals surface area contributed by atoms with Crippen molar-refractivity contribution in [3.8, 4) is 0 Å². The third kappa shape index (κ3) is 4.92. The first kappa shape index (κ1) is 15.6. The lowest BCUT2D eigenvalue weighted by Crippen LogP contribution is -2.34. The molecular formula is C17H19NO2S. The van der Waals surface area contributed by atoms with Gasteiger partial charge in [0.15, 0.2) is 0 Å². The molecule has 3 nitrogen and oxygen atoms in total. The maximum Gasteiger partial charge on any atom is 0.323 e. The number of esters is 1. The van der Waals surface area contributed by atoms with Crippen LogP contribution in [-0.2, 0) is 16.0 Å². The summed E-state index contributed by atoms with van der Waals surface area (Å²) in [5.41, 5.74) is 6.85. The van der Waals surface area contributed by atoms with Crippen molar-refractivity contribution in [3.63, 3.8) is 0 Å². The van der Waals surface area contributed by atoms with E-state index in [2.05, 4.69) is 12.1 Å². The smallest absolute Gasteiger partial charge is 0.323 e. The lowest BCUT2D eigenvalue weighted by Gasteiger charge is -2.10. The Morgan fingerprint density at radius 2 is 1.71 bits per heavy atom. The van der Waals surface area contributed by atoms with Crippen LogP contribution in [-0.4, -0.2) is 18.6 Å². The molecule has 110 valence electrons. The molecule has 2 aromatic carbocycles. The van der Waals surface area contributed by atoms with Crippen LogP contribution >= 0.6 is 11.8 Å². The van der Waals surface area contributed by atoms with Crippen molar-refractivity contribution in [2.45, 2.75) is 29.2 Å². The zero-order valence-corrected chi connectivity index (χ0v) is 12.8. The molecule has 0 unspecified atom stereocenters. The Bertz CT molecular complexity index is 569. The molecule has 0 radical (unpaired) electrons. The zero-order chi connectivity index (χ0) is 15.1. The molecule has 0 saturated heterocycles. The van der Waals surface area contributed by atoms with Gasteiger partial charge in [-0.25, -0.2) is 0 Å². The van der Waals surface area contributed by atoms with Gasteiger partial charge in [-0.05, 0) is 43.2 Å². The van der Waals surface area contributed by atoms with E-state index in [1.165, 1.54) is 4.90 Å². The van der Waals surface area contributed by atoms with Crippen molar-refractivity contribution < 1.29 is 9.53 Å². The molecular weight excluding hydrogens is 282 g/mol. The van der Waals surface area contributed by atoms with Gasteiger partial charge in [-0.3, -0.25) is 4.79 Å². The molecule has 0 spiro atoms. The summed E-state index contributed by atoms with van der Waals surface area (Å²) in [6.45, 7) is 2.14. The number of rotatable bonds is 6. The number of ether oxygens (including phenoxy) is 1. The number of hydrogen-bond donors (Lipinski definition) is 1. The highest BCUT2D eigenvalue weighted by Gasteiger charge is 2.14. The second-order valence-corrected chi connectivity index (χ2v) is 5.77. The summed E-state index contributed by atoms with van der Waals surface area (Å²) < 4.78 is 4.91. The van der Waals surface area contributed by atoms with Gasteiger partial charge in [-0.1, -0.05) is 42.1 Å². The second-order valence-electron chi connectivity index (χ2n) is 4.62. The van der Waals surface area contributed by atoms with Crippen LogP contribution in [0.1, 0.15) is 12.5 Å². The average molecular weight is 301 g/mol. The van der Waals surface area contributed by atoms with Gasteiger partial charge in [0.1, 0.15) is 6.04 Å². The fourth-order valence-electron chi connectivity index (χ4n) is 1.90. The zero-order valence-electron chi connectivity index (χ0n) is 12.0. The van der Waals surface area contributed by atoms with Crippen LogP contribution in [0.2, 0.25) is 0 Å². The van der Waals surface area contributed by atoms with Crippen LogP contribution in [0, 0.1) is 0 Å². The molecule has 2 rings (SSSR count). The number of carbonyl (C=O) groups is 1. The Balaban J connectivity index is 1.94. The van der Waals surface area contributed by atoms with Crippen molar-refractivity contribution in [1.82, 2.24) is 0 Å². The lowest BCUT2D eigenvalue weighted by atomic mass is 10.1. The molecule has 0 aliphatic carbocycles. The third-order valence-corrected chi connectivity index (χ3v) is 3.96. The molecule has 2 N–H and O–H groups in total. The Morgan fingerprint density at radius 1 is 1.10 bits per heavy atom. The van der Waals surface area contributed by atoms with Crippen molar-refractivity contribution in [2.75, 3.05) is 6.61 Å². The molecule has 0 amide bonds. The van der Waals surface area contributed by atoms with Crippen molar-refractivity contribution in [2.24, 2.45) is 5.73 Å². The van der Waals surface area contributed by atoms with E-state index in [-0.39, 0.29) is 5.97 Å². The quantitative estimate of drug-likeness (QED) is 0.832. The van der Waals surface area contributed by atoms with E-state index in [0.717, 1.165) is 10.5 Å². The third-order valence-electron chi connectivity index (χ3n) is 2.95. The predicted octanol–water partition coefficient (Wildman–Crippen LogP) is 3.27. The highest BCUT2D eigenvalue weighted by molar-refractivity contribution is 7.99. The highest BCUT2D eigenvalue weighted by atomic mass is 32.2. The van der Waals surface area contributed by atoms with Crippen LogP contribution < -0.4 is 5.73 Å². The van der Waals surface area contributed by atoms with Gasteiger partial charge in [-0.2, -0.15) is 0 Å². The molecule has 2 aromatic rings. The molecule has 21 heavy (non-hydrogen) atoms. The normalized spacial score (nSPS) is 11.9. The minimum Gasteiger partial charge on any atom is -0.465 e. The first-order valence-electron chi connectivity index (χ1n) is 6.93. The van der Waals surface area contributed by atoms with E-state index >= 15 is 0 Å². The minimum atomic E-state index is -0.599. The summed E-state index contributed by atoms with van der Waals surface area (Å²) in [4.78, 5) is 13.9. The fraction of sp³-hybridized carbons (Fsp3) is 0.235. The average Bonchev–Trinajstić information content (AvgIpc) is 2.50. The summed E-state index contributed by atoms with van der Waals surface area (Å²) in [5, 5.41) is 0. The van der Waals surface area contributed by atoms with Crippen LogP contribution in [0.3, 0.4) is 0 Å². The Kier molecular flexibility index (Phi) is 5.84. The molecule has 0 aliphatic heterocycles. The molecule has 0 aromatic heterocycles. The van der Waals surface area contributed by atoms with Crippen molar-refractivity contribution in [3.05, 3.63) is 60.2 Å². The molecule has 4 heteroatoms. The maximum atomic E-state index is 11.5. The number of benzene rings is 2. The van der Waals surface area contributed by atoms with Crippen molar-refractivity contribution in [1.29, 1.82) is 0 Å². The van der Waals surface area contributed by atoms with Crippen LogP contribution in [0.4, 0.5) is 0 Å². The maximum absolute atomic E-state index is 11.5. The van der Waals surface area contributed by atoms with Gasteiger partial charge in [0.2, 0.25) is 0 Å². The van der Waals surface area contributed by atoms with Crippen LogP contribution in [0.15, 0.2) is 64.4 Å². The van der Waals surface area contributed by atoms with Gasteiger partial charge >= 0.3 is 5.97 Å². The first-order valence-corrected chi connectivity index (χ1v) is 7.74. The Hall–Kier alpha value is -1.78. The van der Waals surface area contributed by atoms with Gasteiger partial charge in [-0.15, -0.1) is 0 Å². The summed E-state index contributed by atoms with van der Waals surface area (Å²) >= 11 is 1.71. The second kappa shape index (κ2) is 7.86. The summed E-state index contributed by atoms with van der Waals surface area (Å²) in [6, 6.07) is 17.7. The number of hydrogen-bond acceptors (Lipinski definition) is 4. The summed E-state index contributed by atoms with van der Waals surface area (Å²) in [5.74, 6) is -0.347. The van der Waals surface area contributed by atoms with Gasteiger partial charge in [0, 0.05) is 9.79 Å². The molecule has 0 saturated carbocycles. The van der Waals surface area contributed by atoms with E-state index in [1.54, 1.807) is 18.7 Å². The van der Waals surface area contributed by atoms with E-state index < -0.39 is 6.04 Å². The van der Waals surface area contributed by atoms with Crippen molar-refractivity contribution >= 4 is 17.7 Å². The molecule has 0 aliphatic rings. The lowest BCUT2D eigenvalue weighted by molar-refractivity contribution is -0.144. The van der Waals surface area contributed by atoms with E-state index in [1.807, 2.05) is 42.5 Å². The van der Waals surface area contributed by atoms with Gasteiger partial charge < -0.3 is 10.5 Å². The Morgan fingerprint density at radius 3 is 2.33 bits per heavy atom. The Labute approximate surface area is 129 Å². The summed E-state index contributed by atoms with van der Waals surface area (Å²) in [7, 11) is 0. The first-order chi connectivity index (χ1) is 10.2. The van der Waals surface area contributed by atoms with Crippen LogP contribution in [0.5, 0.6) is 0 Å². The SMILES string of the molecule is CCOC(=O)[C@@H](N)Cc1ccc(Sc2ccccc2)cc1. The van der Waals surface area contributed by atoms with E-state index in [0.29, 0.717) is 13.0 Å². The summed E-state index contributed by atoms with van der Waals surface area (Å²) in [6.07, 6.45) is 0.495. The topological polar surface area (TPSA) is 52.3 Å². The van der Waals surface area contributed by atoms with Gasteiger partial charge in [0.25, 0.3) is 0 Å². The standard InChI is InChI=1S/C17H19NO2S/c1-2-20-17(19)16(18)12-13-8-10-15(11-9-13)21-14-6-4-3-5-7-14/h3-11,16H,2,12,18H2,1H3/t16-/m0/s1. The van der Waals surface area contributed by atoms with E-state index in [9.17, 15) is 4.79 Å². The van der Waals surface area contributed by atoms with Crippen LogP contribution in [0.25, 0.3) is 0 Å². The molecule has 0 heterocycles. The van der Waals surface area contributed by atoms with E-state index in [4.69, 9.17) is 10.5 Å². The minimum absolute atomic E-state index is 0.347. The molecule has 0 bridgehead atoms. The number of carbonyl (C=O) groups excluding carboxylic acids is 1. The predicted molar refractivity (Wildman–Crippen MR) is 85.3 cm³/mol. The highest BCUT2D eigenvalue weighted by Crippen LogP contribution is 2.27.